The van der Waals surface area contributed by atoms with Gasteiger partial charge in [0.15, 0.2) is 11.5 Å². The van der Waals surface area contributed by atoms with Crippen molar-refractivity contribution in [2.24, 2.45) is 0 Å². The number of ether oxygens (including phenoxy) is 7. The normalized spacial score (nSPS) is 19.2. The third-order valence-electron chi connectivity index (χ3n) is 10.4. The second-order valence-electron chi connectivity index (χ2n) is 13.8. The van der Waals surface area contributed by atoms with Crippen molar-refractivity contribution in [1.29, 1.82) is 0 Å². The Morgan fingerprint density at radius 1 is 0.614 bits per heavy atom. The number of carbonyl (C=O) groups excluding carboxylic acids is 2. The zero-order valence-corrected chi connectivity index (χ0v) is 33.3. The van der Waals surface area contributed by atoms with Crippen molar-refractivity contribution in [2.75, 3.05) is 42.6 Å². The Balaban J connectivity index is 0.00000111. The van der Waals surface area contributed by atoms with Crippen LogP contribution in [0.25, 0.3) is 6.08 Å². The number of benzene rings is 3. The maximum atomic E-state index is 13.7. The molecular weight excluding hydrogens is 738 g/mol. The SMILES string of the molecule is COc1ccc(C(C(=O)OC2CCC(N(C)C3CCC(OC(=O)/C=C/c4cc(OC)c(OC)c(OC)c4)CC3)CC2)c2ccc(OC)cc2)cc1.O=C(O)C(=O)O. The smallest absolute Gasteiger partial charge is 0.414 e. The van der Waals surface area contributed by atoms with E-state index >= 15 is 0 Å². The van der Waals surface area contributed by atoms with Gasteiger partial charge in [0.05, 0.1) is 35.5 Å². The molecule has 0 radical (unpaired) electrons. The molecule has 14 nitrogen and oxygen atoms in total. The van der Waals surface area contributed by atoms with Crippen molar-refractivity contribution in [3.8, 4) is 28.7 Å². The second kappa shape index (κ2) is 21.5. The molecule has 0 heterocycles. The highest BCUT2D eigenvalue weighted by Crippen LogP contribution is 2.39. The molecule has 57 heavy (non-hydrogen) atoms. The van der Waals surface area contributed by atoms with Gasteiger partial charge in [0.1, 0.15) is 29.6 Å². The molecule has 5 rings (SSSR count). The highest BCUT2D eigenvalue weighted by molar-refractivity contribution is 6.27. The third-order valence-corrected chi connectivity index (χ3v) is 10.4. The number of carboxylic acid groups (broad SMARTS) is 2. The van der Waals surface area contributed by atoms with Crippen LogP contribution in [-0.4, -0.2) is 106 Å². The highest BCUT2D eigenvalue weighted by atomic mass is 16.6. The Labute approximate surface area is 333 Å². The zero-order chi connectivity index (χ0) is 41.5. The number of hydrogen-bond acceptors (Lipinski definition) is 12. The van der Waals surface area contributed by atoms with Crippen LogP contribution in [0, 0.1) is 0 Å². The molecule has 0 unspecified atom stereocenters. The second-order valence-corrected chi connectivity index (χ2v) is 13.8. The van der Waals surface area contributed by atoms with Gasteiger partial charge < -0.3 is 48.3 Å². The topological polar surface area (TPSA) is 177 Å². The van der Waals surface area contributed by atoms with Crippen LogP contribution in [0.1, 0.15) is 74.0 Å². The Morgan fingerprint density at radius 2 is 1.04 bits per heavy atom. The maximum Gasteiger partial charge on any atom is 0.414 e. The molecule has 0 aliphatic heterocycles. The van der Waals surface area contributed by atoms with Crippen LogP contribution in [-0.2, 0) is 28.7 Å². The van der Waals surface area contributed by atoms with E-state index in [2.05, 4.69) is 11.9 Å². The van der Waals surface area contributed by atoms with Crippen molar-refractivity contribution < 1.29 is 62.5 Å². The molecule has 0 saturated heterocycles. The first-order chi connectivity index (χ1) is 27.4. The van der Waals surface area contributed by atoms with Gasteiger partial charge in [0, 0.05) is 18.2 Å². The van der Waals surface area contributed by atoms with Gasteiger partial charge in [0.25, 0.3) is 0 Å². The molecule has 0 spiro atoms. The molecule has 2 aliphatic carbocycles. The summed E-state index contributed by atoms with van der Waals surface area (Å²) >= 11 is 0. The lowest BCUT2D eigenvalue weighted by Gasteiger charge is -2.41. The average Bonchev–Trinajstić information content (AvgIpc) is 3.23. The van der Waals surface area contributed by atoms with Gasteiger partial charge in [-0.3, -0.25) is 4.79 Å². The maximum absolute atomic E-state index is 13.7. The van der Waals surface area contributed by atoms with Crippen molar-refractivity contribution in [1.82, 2.24) is 4.90 Å². The number of nitrogens with zero attached hydrogens (tertiary/aromatic N) is 1. The highest BCUT2D eigenvalue weighted by Gasteiger charge is 2.34. The summed E-state index contributed by atoms with van der Waals surface area (Å²) in [7, 11) is 10.1. The van der Waals surface area contributed by atoms with Crippen molar-refractivity contribution >= 4 is 30.0 Å². The van der Waals surface area contributed by atoms with Crippen LogP contribution in [0.3, 0.4) is 0 Å². The third kappa shape index (κ3) is 12.4. The lowest BCUT2D eigenvalue weighted by molar-refractivity contribution is -0.159. The molecule has 14 heteroatoms. The first kappa shape index (κ1) is 44.0. The van der Waals surface area contributed by atoms with Crippen LogP contribution in [0.5, 0.6) is 28.7 Å². The predicted octanol–water partition coefficient (Wildman–Crippen LogP) is 6.37. The molecule has 2 saturated carbocycles. The largest absolute Gasteiger partial charge is 0.497 e. The van der Waals surface area contributed by atoms with Crippen LogP contribution in [0.4, 0.5) is 0 Å². The van der Waals surface area contributed by atoms with E-state index in [1.54, 1.807) is 53.8 Å². The molecule has 2 fully saturated rings. The summed E-state index contributed by atoms with van der Waals surface area (Å²) in [5.74, 6) is -1.80. The number of carbonyl (C=O) groups is 4. The average molecular weight is 792 g/mol. The van der Waals surface area contributed by atoms with Gasteiger partial charge in [-0.1, -0.05) is 24.3 Å². The molecule has 3 aromatic rings. The van der Waals surface area contributed by atoms with Crippen LogP contribution < -0.4 is 23.7 Å². The van der Waals surface area contributed by atoms with E-state index in [4.69, 9.17) is 53.0 Å². The van der Waals surface area contributed by atoms with E-state index in [-0.39, 0.29) is 24.1 Å². The molecule has 0 bridgehead atoms. The molecule has 0 aromatic heterocycles. The number of esters is 2. The molecule has 0 atom stereocenters. The van der Waals surface area contributed by atoms with Gasteiger partial charge in [-0.25, -0.2) is 14.4 Å². The minimum atomic E-state index is -1.82. The Kier molecular flexibility index (Phi) is 16.6. The molecule has 3 aromatic carbocycles. The van der Waals surface area contributed by atoms with E-state index in [9.17, 15) is 9.59 Å². The summed E-state index contributed by atoms with van der Waals surface area (Å²) in [6.45, 7) is 0. The van der Waals surface area contributed by atoms with Crippen LogP contribution in [0.15, 0.2) is 66.7 Å². The Bertz CT molecular complexity index is 1720. The Hall–Kier alpha value is -5.76. The lowest BCUT2D eigenvalue weighted by atomic mass is 9.87. The summed E-state index contributed by atoms with van der Waals surface area (Å²) in [6, 6.07) is 19.6. The van der Waals surface area contributed by atoms with Crippen molar-refractivity contribution in [3.63, 3.8) is 0 Å². The quantitative estimate of drug-likeness (QED) is 0.105. The number of rotatable bonds is 14. The lowest BCUT2D eigenvalue weighted by Crippen LogP contribution is -2.45. The molecule has 2 aliphatic rings. The summed E-state index contributed by atoms with van der Waals surface area (Å²) in [5.41, 5.74) is 2.45. The zero-order valence-electron chi connectivity index (χ0n) is 33.3. The minimum absolute atomic E-state index is 0.105. The molecule has 0 amide bonds. The monoisotopic (exact) mass is 791 g/mol. The van der Waals surface area contributed by atoms with E-state index < -0.39 is 17.9 Å². The summed E-state index contributed by atoms with van der Waals surface area (Å²) in [4.78, 5) is 47.1. The summed E-state index contributed by atoms with van der Waals surface area (Å²) in [5, 5.41) is 14.8. The van der Waals surface area contributed by atoms with E-state index in [0.717, 1.165) is 79.6 Å². The fraction of sp³-hybridized carbons (Fsp3) is 0.442. The standard InChI is InChI=1S/C41H51NO9.C2H2O4/c1-42(30-12-20-34(21-13-30)50-38(43)24-7-27-25-36(47-4)40(49-6)37(26-27)48-5)31-14-22-35(23-15-31)51-41(44)39(28-8-16-32(45-2)17-9-28)29-10-18-33(46-3)19-11-29;3-1(4)2(5)6/h7-11,16-19,24-26,30-31,34-35,39H,12-15,20-23H2,1-6H3;(H,3,4)(H,5,6)/b24-7+;. The van der Waals surface area contributed by atoms with Crippen molar-refractivity contribution in [3.05, 3.63) is 83.4 Å². The number of methoxy groups -OCH3 is 5. The molecule has 308 valence electrons. The fourth-order valence-corrected chi connectivity index (χ4v) is 7.29. The number of carboxylic acids is 2. The first-order valence-corrected chi connectivity index (χ1v) is 18.8. The molecular formula is C43H53NO13. The van der Waals surface area contributed by atoms with Gasteiger partial charge in [-0.2, -0.15) is 0 Å². The van der Waals surface area contributed by atoms with Gasteiger partial charge in [-0.15, -0.1) is 0 Å². The van der Waals surface area contributed by atoms with Crippen molar-refractivity contribution in [2.45, 2.75) is 81.6 Å². The van der Waals surface area contributed by atoms with Crippen LogP contribution in [0.2, 0.25) is 0 Å². The predicted molar refractivity (Wildman–Crippen MR) is 210 cm³/mol. The first-order valence-electron chi connectivity index (χ1n) is 18.8. The van der Waals surface area contributed by atoms with E-state index in [0.29, 0.717) is 29.3 Å². The number of hydrogen-bond donors (Lipinski definition) is 2. The summed E-state index contributed by atoms with van der Waals surface area (Å²) in [6.07, 6.45) is 10.1. The minimum Gasteiger partial charge on any atom is -0.497 e. The summed E-state index contributed by atoms with van der Waals surface area (Å²) < 4.78 is 38.9. The number of aliphatic carboxylic acids is 2. The van der Waals surface area contributed by atoms with Gasteiger partial charge in [0.2, 0.25) is 5.75 Å². The van der Waals surface area contributed by atoms with Gasteiger partial charge in [-0.05, 0) is 118 Å². The van der Waals surface area contributed by atoms with Gasteiger partial charge >= 0.3 is 23.9 Å². The van der Waals surface area contributed by atoms with E-state index in [1.807, 2.05) is 48.5 Å². The fourth-order valence-electron chi connectivity index (χ4n) is 7.29. The van der Waals surface area contributed by atoms with E-state index in [1.165, 1.54) is 6.08 Å². The van der Waals surface area contributed by atoms with Crippen LogP contribution >= 0.6 is 0 Å². The Morgan fingerprint density at radius 3 is 1.40 bits per heavy atom. The molecule has 2 N–H and O–H groups in total.